The van der Waals surface area contributed by atoms with Gasteiger partial charge in [0.25, 0.3) is 0 Å². The largest absolute Gasteiger partial charge is 0.380 e. The molecule has 1 fully saturated rings. The SMILES string of the molecule is CCCC(OC)C(CC1CCCN(S(C)(=O)=O)C1)NN. The van der Waals surface area contributed by atoms with Crippen molar-refractivity contribution < 1.29 is 13.2 Å². The molecule has 0 aromatic carbocycles. The number of nitrogens with one attached hydrogen (secondary N) is 1. The van der Waals surface area contributed by atoms with E-state index in [1.54, 1.807) is 11.4 Å². The van der Waals surface area contributed by atoms with Crippen LogP contribution in [0.15, 0.2) is 0 Å². The number of hydrogen-bond acceptors (Lipinski definition) is 5. The van der Waals surface area contributed by atoms with Crippen molar-refractivity contribution in [1.29, 1.82) is 0 Å². The molecule has 3 unspecified atom stereocenters. The van der Waals surface area contributed by atoms with Crippen LogP contribution in [0.2, 0.25) is 0 Å². The molecule has 1 rings (SSSR count). The zero-order valence-corrected chi connectivity index (χ0v) is 13.7. The van der Waals surface area contributed by atoms with Crippen LogP contribution < -0.4 is 11.3 Å². The van der Waals surface area contributed by atoms with Crippen molar-refractivity contribution in [3.05, 3.63) is 0 Å². The molecule has 0 aliphatic carbocycles. The summed E-state index contributed by atoms with van der Waals surface area (Å²) in [4.78, 5) is 0. The highest BCUT2D eigenvalue weighted by atomic mass is 32.2. The summed E-state index contributed by atoms with van der Waals surface area (Å²) in [6.45, 7) is 3.35. The van der Waals surface area contributed by atoms with Crippen LogP contribution in [-0.2, 0) is 14.8 Å². The van der Waals surface area contributed by atoms with Crippen molar-refractivity contribution in [3.8, 4) is 0 Å². The smallest absolute Gasteiger partial charge is 0.211 e. The highest BCUT2D eigenvalue weighted by molar-refractivity contribution is 7.88. The minimum atomic E-state index is -3.09. The molecule has 0 amide bonds. The van der Waals surface area contributed by atoms with E-state index in [-0.39, 0.29) is 12.1 Å². The van der Waals surface area contributed by atoms with Gasteiger partial charge in [-0.1, -0.05) is 13.3 Å². The van der Waals surface area contributed by atoms with Gasteiger partial charge in [-0.2, -0.15) is 0 Å². The molecule has 0 bridgehead atoms. The van der Waals surface area contributed by atoms with Crippen LogP contribution in [0.1, 0.15) is 39.0 Å². The van der Waals surface area contributed by atoms with Gasteiger partial charge in [-0.05, 0) is 31.6 Å². The highest BCUT2D eigenvalue weighted by Gasteiger charge is 2.29. The standard InChI is InChI=1S/C13H29N3O3S/c1-4-6-13(19-2)12(15-14)9-11-7-5-8-16(10-11)20(3,17)18/h11-13,15H,4-10,14H2,1-3H3. The maximum absolute atomic E-state index is 11.6. The third kappa shape index (κ3) is 5.29. The maximum atomic E-state index is 11.6. The molecule has 0 aromatic heterocycles. The second kappa shape index (κ2) is 8.29. The number of nitrogens with zero attached hydrogens (tertiary/aromatic N) is 1. The summed E-state index contributed by atoms with van der Waals surface area (Å²) in [5, 5.41) is 0. The molecule has 7 heteroatoms. The monoisotopic (exact) mass is 307 g/mol. The average molecular weight is 307 g/mol. The molecule has 3 atom stereocenters. The first-order chi connectivity index (χ1) is 9.42. The van der Waals surface area contributed by atoms with Crippen molar-refractivity contribution in [1.82, 2.24) is 9.73 Å². The number of hydrazine groups is 1. The van der Waals surface area contributed by atoms with E-state index in [4.69, 9.17) is 10.6 Å². The summed E-state index contributed by atoms with van der Waals surface area (Å²) in [5.41, 5.74) is 2.85. The van der Waals surface area contributed by atoms with Crippen LogP contribution in [0.3, 0.4) is 0 Å². The molecular weight excluding hydrogens is 278 g/mol. The summed E-state index contributed by atoms with van der Waals surface area (Å²) < 4.78 is 30.4. The fourth-order valence-electron chi connectivity index (χ4n) is 2.97. The Morgan fingerprint density at radius 2 is 2.20 bits per heavy atom. The topological polar surface area (TPSA) is 84.7 Å². The van der Waals surface area contributed by atoms with Gasteiger partial charge in [0.2, 0.25) is 10.0 Å². The number of piperidine rings is 1. The Balaban J connectivity index is 2.60. The maximum Gasteiger partial charge on any atom is 0.211 e. The zero-order chi connectivity index (χ0) is 15.2. The molecule has 6 nitrogen and oxygen atoms in total. The van der Waals surface area contributed by atoms with Crippen LogP contribution in [0.5, 0.6) is 0 Å². The van der Waals surface area contributed by atoms with Gasteiger partial charge in [0.15, 0.2) is 0 Å². The first-order valence-electron chi connectivity index (χ1n) is 7.36. The Kier molecular flexibility index (Phi) is 7.39. The van der Waals surface area contributed by atoms with E-state index >= 15 is 0 Å². The van der Waals surface area contributed by atoms with E-state index in [0.29, 0.717) is 19.0 Å². The molecule has 0 aromatic rings. The third-order valence-electron chi connectivity index (χ3n) is 4.08. The van der Waals surface area contributed by atoms with Crippen LogP contribution in [-0.4, -0.2) is 51.3 Å². The number of rotatable bonds is 8. The van der Waals surface area contributed by atoms with Crippen LogP contribution in [0, 0.1) is 5.92 Å². The number of sulfonamides is 1. The lowest BCUT2D eigenvalue weighted by atomic mass is 9.89. The second-order valence-electron chi connectivity index (χ2n) is 5.70. The molecule has 0 spiro atoms. The Bertz CT molecular complexity index is 375. The lowest BCUT2D eigenvalue weighted by Crippen LogP contribution is -2.48. The molecule has 1 aliphatic rings. The van der Waals surface area contributed by atoms with Gasteiger partial charge in [0.05, 0.1) is 12.4 Å². The van der Waals surface area contributed by atoms with E-state index in [2.05, 4.69) is 12.3 Å². The van der Waals surface area contributed by atoms with Gasteiger partial charge in [0.1, 0.15) is 0 Å². The quantitative estimate of drug-likeness (QED) is 0.509. The van der Waals surface area contributed by atoms with Crippen molar-refractivity contribution in [2.75, 3.05) is 26.5 Å². The second-order valence-corrected chi connectivity index (χ2v) is 7.68. The molecule has 120 valence electrons. The normalized spacial score (nSPS) is 24.5. The first kappa shape index (κ1) is 17.8. The molecular formula is C13H29N3O3S. The van der Waals surface area contributed by atoms with Gasteiger partial charge < -0.3 is 4.74 Å². The molecule has 0 saturated carbocycles. The van der Waals surface area contributed by atoms with Crippen LogP contribution in [0.4, 0.5) is 0 Å². The van der Waals surface area contributed by atoms with Gasteiger partial charge >= 0.3 is 0 Å². The van der Waals surface area contributed by atoms with Gasteiger partial charge in [-0.15, -0.1) is 0 Å². The predicted octanol–water partition coefficient (Wildman–Crippen LogP) is 0.695. The van der Waals surface area contributed by atoms with Crippen molar-refractivity contribution >= 4 is 10.0 Å². The van der Waals surface area contributed by atoms with Gasteiger partial charge in [-0.25, -0.2) is 12.7 Å². The number of hydrogen-bond donors (Lipinski definition) is 2. The number of methoxy groups -OCH3 is 1. The van der Waals surface area contributed by atoms with E-state index < -0.39 is 10.0 Å². The van der Waals surface area contributed by atoms with E-state index in [0.717, 1.165) is 32.1 Å². The van der Waals surface area contributed by atoms with Gasteiger partial charge in [-0.3, -0.25) is 11.3 Å². The number of nitrogens with two attached hydrogens (primary N) is 1. The van der Waals surface area contributed by atoms with E-state index in [1.165, 1.54) is 6.26 Å². The molecule has 20 heavy (non-hydrogen) atoms. The van der Waals surface area contributed by atoms with Crippen molar-refractivity contribution in [2.45, 2.75) is 51.2 Å². The summed E-state index contributed by atoms with van der Waals surface area (Å²) in [5.74, 6) is 6.00. The predicted molar refractivity (Wildman–Crippen MR) is 80.6 cm³/mol. The lowest BCUT2D eigenvalue weighted by molar-refractivity contribution is 0.0489. The third-order valence-corrected chi connectivity index (χ3v) is 5.35. The molecule has 1 saturated heterocycles. The molecule has 0 radical (unpaired) electrons. The zero-order valence-electron chi connectivity index (χ0n) is 12.8. The Hall–Kier alpha value is -0.210. The lowest BCUT2D eigenvalue weighted by Gasteiger charge is -2.34. The van der Waals surface area contributed by atoms with Crippen molar-refractivity contribution in [2.24, 2.45) is 11.8 Å². The summed E-state index contributed by atoms with van der Waals surface area (Å²) in [6.07, 6.45) is 6.17. The summed E-state index contributed by atoms with van der Waals surface area (Å²) in [6, 6.07) is 0.0736. The fourth-order valence-corrected chi connectivity index (χ4v) is 3.92. The van der Waals surface area contributed by atoms with Crippen molar-refractivity contribution in [3.63, 3.8) is 0 Å². The van der Waals surface area contributed by atoms with Gasteiger partial charge in [0, 0.05) is 26.2 Å². The Morgan fingerprint density at radius 3 is 2.70 bits per heavy atom. The molecule has 1 heterocycles. The molecule has 3 N–H and O–H groups in total. The van der Waals surface area contributed by atoms with E-state index in [1.807, 2.05) is 0 Å². The minimum absolute atomic E-state index is 0.0736. The first-order valence-corrected chi connectivity index (χ1v) is 9.21. The Labute approximate surface area is 123 Å². The fraction of sp³-hybridized carbons (Fsp3) is 1.00. The Morgan fingerprint density at radius 1 is 1.50 bits per heavy atom. The van der Waals surface area contributed by atoms with E-state index in [9.17, 15) is 8.42 Å². The van der Waals surface area contributed by atoms with Crippen LogP contribution in [0.25, 0.3) is 0 Å². The minimum Gasteiger partial charge on any atom is -0.380 e. The number of ether oxygens (including phenoxy) is 1. The average Bonchev–Trinajstić information content (AvgIpc) is 2.42. The molecule has 1 aliphatic heterocycles. The summed E-state index contributed by atoms with van der Waals surface area (Å²) in [7, 11) is -1.38. The van der Waals surface area contributed by atoms with Crippen LogP contribution >= 0.6 is 0 Å². The highest BCUT2D eigenvalue weighted by Crippen LogP contribution is 2.24. The summed E-state index contributed by atoms with van der Waals surface area (Å²) >= 11 is 0.